The lowest BCUT2D eigenvalue weighted by Crippen LogP contribution is -2.47. The van der Waals surface area contributed by atoms with E-state index in [4.69, 9.17) is 16.3 Å². The van der Waals surface area contributed by atoms with Crippen LogP contribution in [0.2, 0.25) is 0 Å². The zero-order chi connectivity index (χ0) is 13.8. The Hall–Kier alpha value is -1.42. The van der Waals surface area contributed by atoms with Crippen molar-refractivity contribution in [3.63, 3.8) is 0 Å². The van der Waals surface area contributed by atoms with Gasteiger partial charge in [0, 0.05) is 11.4 Å². The van der Waals surface area contributed by atoms with Gasteiger partial charge >= 0.3 is 0 Å². The SMILES string of the molecule is CCC(C)(CCl)NC(=O)c1ccc(OC)c(O)c1. The maximum Gasteiger partial charge on any atom is 0.251 e. The Bertz CT molecular complexity index is 430. The first-order chi connectivity index (χ1) is 8.45. The largest absolute Gasteiger partial charge is 0.504 e. The van der Waals surface area contributed by atoms with Crippen LogP contribution in [0.5, 0.6) is 11.5 Å². The normalized spacial score (nSPS) is 13.8. The van der Waals surface area contributed by atoms with Gasteiger partial charge in [0.25, 0.3) is 5.91 Å². The molecule has 5 heteroatoms. The van der Waals surface area contributed by atoms with Crippen LogP contribution in [0.1, 0.15) is 30.6 Å². The first-order valence-electron chi connectivity index (χ1n) is 5.71. The molecule has 1 aromatic carbocycles. The minimum atomic E-state index is -0.450. The van der Waals surface area contributed by atoms with Gasteiger partial charge in [-0.15, -0.1) is 11.6 Å². The van der Waals surface area contributed by atoms with Crippen LogP contribution < -0.4 is 10.1 Å². The number of phenols is 1. The molecule has 1 atom stereocenters. The quantitative estimate of drug-likeness (QED) is 0.809. The number of methoxy groups -OCH3 is 1. The molecule has 0 saturated carbocycles. The Labute approximate surface area is 112 Å². The molecule has 0 saturated heterocycles. The highest BCUT2D eigenvalue weighted by Gasteiger charge is 2.24. The highest BCUT2D eigenvalue weighted by atomic mass is 35.5. The number of alkyl halides is 1. The van der Waals surface area contributed by atoms with Crippen LogP contribution in [0.15, 0.2) is 18.2 Å². The molecule has 0 aliphatic heterocycles. The van der Waals surface area contributed by atoms with Crippen molar-refractivity contribution in [3.05, 3.63) is 23.8 Å². The van der Waals surface area contributed by atoms with Crippen molar-refractivity contribution in [2.24, 2.45) is 0 Å². The van der Waals surface area contributed by atoms with Crippen molar-refractivity contribution < 1.29 is 14.6 Å². The molecular weight excluding hydrogens is 254 g/mol. The number of benzene rings is 1. The van der Waals surface area contributed by atoms with E-state index in [9.17, 15) is 9.90 Å². The molecule has 4 nitrogen and oxygen atoms in total. The number of amides is 1. The standard InChI is InChI=1S/C13H18ClNO3/c1-4-13(2,8-14)15-12(17)9-5-6-11(18-3)10(16)7-9/h5-7,16H,4,8H2,1-3H3,(H,15,17). The fourth-order valence-corrected chi connectivity index (χ4v) is 1.65. The third-order valence-corrected chi connectivity index (χ3v) is 3.52. The van der Waals surface area contributed by atoms with Crippen LogP contribution in [0.3, 0.4) is 0 Å². The van der Waals surface area contributed by atoms with Crippen molar-refractivity contribution in [1.29, 1.82) is 0 Å². The van der Waals surface area contributed by atoms with Gasteiger partial charge in [0.15, 0.2) is 11.5 Å². The average Bonchev–Trinajstić information content (AvgIpc) is 2.38. The fourth-order valence-electron chi connectivity index (χ4n) is 1.39. The van der Waals surface area contributed by atoms with Crippen molar-refractivity contribution in [2.45, 2.75) is 25.8 Å². The Morgan fingerprint density at radius 3 is 2.67 bits per heavy atom. The number of carbonyl (C=O) groups is 1. The molecule has 0 bridgehead atoms. The maximum atomic E-state index is 12.0. The van der Waals surface area contributed by atoms with E-state index in [1.807, 2.05) is 13.8 Å². The Morgan fingerprint density at radius 1 is 1.56 bits per heavy atom. The smallest absolute Gasteiger partial charge is 0.251 e. The molecule has 2 N–H and O–H groups in total. The van der Waals surface area contributed by atoms with E-state index in [1.165, 1.54) is 13.2 Å². The van der Waals surface area contributed by atoms with Crippen molar-refractivity contribution in [2.75, 3.05) is 13.0 Å². The zero-order valence-electron chi connectivity index (χ0n) is 10.8. The lowest BCUT2D eigenvalue weighted by Gasteiger charge is -2.27. The monoisotopic (exact) mass is 271 g/mol. The van der Waals surface area contributed by atoms with E-state index >= 15 is 0 Å². The maximum absolute atomic E-state index is 12.0. The van der Waals surface area contributed by atoms with E-state index < -0.39 is 5.54 Å². The molecule has 0 heterocycles. The van der Waals surface area contributed by atoms with Gasteiger partial charge in [0.2, 0.25) is 0 Å². The number of ether oxygens (including phenoxy) is 1. The predicted octanol–water partition coefficient (Wildman–Crippen LogP) is 2.54. The van der Waals surface area contributed by atoms with E-state index in [2.05, 4.69) is 5.32 Å². The summed E-state index contributed by atoms with van der Waals surface area (Å²) < 4.78 is 4.92. The van der Waals surface area contributed by atoms with Crippen molar-refractivity contribution >= 4 is 17.5 Å². The van der Waals surface area contributed by atoms with Crippen LogP contribution in [-0.2, 0) is 0 Å². The lowest BCUT2D eigenvalue weighted by atomic mass is 10.0. The van der Waals surface area contributed by atoms with Crippen molar-refractivity contribution in [1.82, 2.24) is 5.32 Å². The van der Waals surface area contributed by atoms with Crippen LogP contribution in [0.25, 0.3) is 0 Å². The molecule has 0 aliphatic carbocycles. The summed E-state index contributed by atoms with van der Waals surface area (Å²) >= 11 is 5.84. The molecule has 100 valence electrons. The molecule has 0 aromatic heterocycles. The molecule has 1 amide bonds. The third kappa shape index (κ3) is 3.29. The Balaban J connectivity index is 2.88. The van der Waals surface area contributed by atoms with Crippen LogP contribution >= 0.6 is 11.6 Å². The summed E-state index contributed by atoms with van der Waals surface area (Å²) in [6, 6.07) is 4.52. The number of aromatic hydroxyl groups is 1. The second kappa shape index (κ2) is 5.96. The molecule has 18 heavy (non-hydrogen) atoms. The van der Waals surface area contributed by atoms with Crippen LogP contribution in [-0.4, -0.2) is 29.5 Å². The Kier molecular flexibility index (Phi) is 4.84. The van der Waals surface area contributed by atoms with Gasteiger partial charge in [0.05, 0.1) is 12.6 Å². The number of halogens is 1. The van der Waals surface area contributed by atoms with Gasteiger partial charge in [-0.1, -0.05) is 6.92 Å². The molecule has 1 unspecified atom stereocenters. The van der Waals surface area contributed by atoms with E-state index in [0.717, 1.165) is 6.42 Å². The molecule has 0 aliphatic rings. The topological polar surface area (TPSA) is 58.6 Å². The van der Waals surface area contributed by atoms with Crippen molar-refractivity contribution in [3.8, 4) is 11.5 Å². The Morgan fingerprint density at radius 2 is 2.22 bits per heavy atom. The number of hydrogen-bond acceptors (Lipinski definition) is 3. The van der Waals surface area contributed by atoms with Gasteiger partial charge < -0.3 is 15.2 Å². The number of carbonyl (C=O) groups excluding carboxylic acids is 1. The number of hydrogen-bond donors (Lipinski definition) is 2. The van der Waals surface area contributed by atoms with Gasteiger partial charge in [0.1, 0.15) is 0 Å². The predicted molar refractivity (Wildman–Crippen MR) is 71.5 cm³/mol. The summed E-state index contributed by atoms with van der Waals surface area (Å²) in [6.45, 7) is 3.83. The summed E-state index contributed by atoms with van der Waals surface area (Å²) in [7, 11) is 1.45. The zero-order valence-corrected chi connectivity index (χ0v) is 11.5. The minimum absolute atomic E-state index is 0.0609. The molecule has 1 aromatic rings. The molecular formula is C13H18ClNO3. The second-order valence-electron chi connectivity index (χ2n) is 4.39. The third-order valence-electron chi connectivity index (χ3n) is 2.93. The number of nitrogens with one attached hydrogen (secondary N) is 1. The molecule has 0 spiro atoms. The summed E-state index contributed by atoms with van der Waals surface area (Å²) in [5.41, 5.74) is -0.0770. The summed E-state index contributed by atoms with van der Waals surface area (Å²) in [6.07, 6.45) is 0.727. The molecule has 0 fully saturated rings. The second-order valence-corrected chi connectivity index (χ2v) is 4.66. The fraction of sp³-hybridized carbons (Fsp3) is 0.462. The molecule has 0 radical (unpaired) electrons. The van der Waals surface area contributed by atoms with Gasteiger partial charge in [-0.05, 0) is 31.5 Å². The van der Waals surface area contributed by atoms with Gasteiger partial charge in [-0.3, -0.25) is 4.79 Å². The van der Waals surface area contributed by atoms with Gasteiger partial charge in [-0.2, -0.15) is 0 Å². The average molecular weight is 272 g/mol. The van der Waals surface area contributed by atoms with E-state index in [0.29, 0.717) is 17.2 Å². The summed E-state index contributed by atoms with van der Waals surface area (Å²) in [5.74, 6) is 0.339. The highest BCUT2D eigenvalue weighted by Crippen LogP contribution is 2.26. The van der Waals surface area contributed by atoms with E-state index in [-0.39, 0.29) is 11.7 Å². The number of rotatable bonds is 5. The summed E-state index contributed by atoms with van der Waals surface area (Å²) in [4.78, 5) is 12.0. The van der Waals surface area contributed by atoms with Gasteiger partial charge in [-0.25, -0.2) is 0 Å². The molecule has 1 rings (SSSR count). The van der Waals surface area contributed by atoms with Crippen LogP contribution in [0, 0.1) is 0 Å². The first-order valence-corrected chi connectivity index (χ1v) is 6.24. The summed E-state index contributed by atoms with van der Waals surface area (Å²) in [5, 5.41) is 12.5. The van der Waals surface area contributed by atoms with Crippen LogP contribution in [0.4, 0.5) is 0 Å². The first kappa shape index (κ1) is 14.6. The number of phenolic OH excluding ortho intramolecular Hbond substituents is 1. The van der Waals surface area contributed by atoms with E-state index in [1.54, 1.807) is 12.1 Å². The lowest BCUT2D eigenvalue weighted by molar-refractivity contribution is 0.0912. The highest BCUT2D eigenvalue weighted by molar-refractivity contribution is 6.18. The minimum Gasteiger partial charge on any atom is -0.504 e.